The first-order valence-electron chi connectivity index (χ1n) is 10.3. The molecule has 3 rings (SSSR count). The number of aromatic nitrogens is 2. The molecule has 0 atom stereocenters. The molecule has 1 aliphatic heterocycles. The zero-order valence-electron chi connectivity index (χ0n) is 17.2. The van der Waals surface area contributed by atoms with E-state index in [9.17, 15) is 14.4 Å². The Balaban J connectivity index is 1.49. The lowest BCUT2D eigenvalue weighted by Gasteiger charge is -2.35. The summed E-state index contributed by atoms with van der Waals surface area (Å²) in [7, 11) is 0. The van der Waals surface area contributed by atoms with Crippen LogP contribution in [0.4, 0.5) is 0 Å². The second-order valence-corrected chi connectivity index (χ2v) is 7.25. The van der Waals surface area contributed by atoms with Gasteiger partial charge >= 0.3 is 0 Å². The van der Waals surface area contributed by atoms with Crippen LogP contribution < -0.4 is 5.56 Å². The SMILES string of the molecule is CCN(CC)C(=O)CN1CCN(C(=O)CCc2nc3ccccc3c(=O)[nH]2)CC1. The Hall–Kier alpha value is -2.74. The summed E-state index contributed by atoms with van der Waals surface area (Å²) in [4.78, 5) is 49.9. The van der Waals surface area contributed by atoms with Crippen molar-refractivity contribution in [2.24, 2.45) is 0 Å². The van der Waals surface area contributed by atoms with Gasteiger partial charge in [-0.25, -0.2) is 4.98 Å². The summed E-state index contributed by atoms with van der Waals surface area (Å²) in [6.45, 7) is 8.44. The van der Waals surface area contributed by atoms with Gasteiger partial charge < -0.3 is 14.8 Å². The Morgan fingerprint density at radius 1 is 1.10 bits per heavy atom. The molecule has 0 aliphatic carbocycles. The van der Waals surface area contributed by atoms with E-state index in [0.717, 1.165) is 13.1 Å². The molecule has 1 saturated heterocycles. The van der Waals surface area contributed by atoms with Gasteiger partial charge in [0.2, 0.25) is 11.8 Å². The number of benzene rings is 1. The van der Waals surface area contributed by atoms with Gasteiger partial charge in [-0.1, -0.05) is 12.1 Å². The highest BCUT2D eigenvalue weighted by atomic mass is 16.2. The molecule has 8 nitrogen and oxygen atoms in total. The van der Waals surface area contributed by atoms with Crippen LogP contribution in [-0.4, -0.2) is 82.3 Å². The van der Waals surface area contributed by atoms with Crippen LogP contribution in [0.15, 0.2) is 29.1 Å². The second-order valence-electron chi connectivity index (χ2n) is 7.25. The highest BCUT2D eigenvalue weighted by Crippen LogP contribution is 2.09. The summed E-state index contributed by atoms with van der Waals surface area (Å²) >= 11 is 0. The fourth-order valence-electron chi connectivity index (χ4n) is 3.66. The van der Waals surface area contributed by atoms with Gasteiger partial charge in [0.1, 0.15) is 5.82 Å². The van der Waals surface area contributed by atoms with Crippen LogP contribution in [-0.2, 0) is 16.0 Å². The minimum absolute atomic E-state index is 0.0514. The van der Waals surface area contributed by atoms with Gasteiger partial charge in [-0.2, -0.15) is 0 Å². The number of aryl methyl sites for hydroxylation is 1. The molecule has 8 heteroatoms. The van der Waals surface area contributed by atoms with Crippen molar-refractivity contribution in [1.29, 1.82) is 0 Å². The van der Waals surface area contributed by atoms with E-state index in [1.165, 1.54) is 0 Å². The summed E-state index contributed by atoms with van der Waals surface area (Å²) < 4.78 is 0. The van der Waals surface area contributed by atoms with E-state index in [-0.39, 0.29) is 17.4 Å². The van der Waals surface area contributed by atoms with Gasteiger partial charge in [0.15, 0.2) is 0 Å². The van der Waals surface area contributed by atoms with Crippen molar-refractivity contribution in [1.82, 2.24) is 24.7 Å². The van der Waals surface area contributed by atoms with Crippen molar-refractivity contribution < 1.29 is 9.59 Å². The van der Waals surface area contributed by atoms with Gasteiger partial charge in [-0.3, -0.25) is 19.3 Å². The van der Waals surface area contributed by atoms with E-state index in [2.05, 4.69) is 14.9 Å². The van der Waals surface area contributed by atoms with Crippen molar-refractivity contribution in [2.75, 3.05) is 45.8 Å². The maximum atomic E-state index is 12.6. The molecular weight excluding hydrogens is 370 g/mol. The number of nitrogens with one attached hydrogen (secondary N) is 1. The number of rotatable bonds is 7. The number of carbonyl (C=O) groups is 2. The highest BCUT2D eigenvalue weighted by Gasteiger charge is 2.23. The molecule has 2 aromatic rings. The predicted molar refractivity (Wildman–Crippen MR) is 112 cm³/mol. The van der Waals surface area contributed by atoms with E-state index in [0.29, 0.717) is 62.3 Å². The minimum atomic E-state index is -0.176. The summed E-state index contributed by atoms with van der Waals surface area (Å²) in [6.07, 6.45) is 0.708. The molecule has 0 radical (unpaired) electrons. The van der Waals surface area contributed by atoms with Crippen molar-refractivity contribution in [3.8, 4) is 0 Å². The number of para-hydroxylation sites is 1. The number of hydrogen-bond acceptors (Lipinski definition) is 5. The van der Waals surface area contributed by atoms with Gasteiger partial charge in [0, 0.05) is 52.1 Å². The molecule has 1 N–H and O–H groups in total. The van der Waals surface area contributed by atoms with Crippen LogP contribution in [0.25, 0.3) is 10.9 Å². The highest BCUT2D eigenvalue weighted by molar-refractivity contribution is 5.79. The third kappa shape index (κ3) is 5.20. The van der Waals surface area contributed by atoms with Gasteiger partial charge in [0.25, 0.3) is 5.56 Å². The van der Waals surface area contributed by atoms with Crippen LogP contribution >= 0.6 is 0 Å². The van der Waals surface area contributed by atoms with E-state index in [4.69, 9.17) is 0 Å². The van der Waals surface area contributed by atoms with Crippen molar-refractivity contribution in [3.63, 3.8) is 0 Å². The average Bonchev–Trinajstić information content (AvgIpc) is 2.73. The minimum Gasteiger partial charge on any atom is -0.342 e. The molecule has 29 heavy (non-hydrogen) atoms. The molecule has 2 amide bonds. The van der Waals surface area contributed by atoms with Crippen molar-refractivity contribution >= 4 is 22.7 Å². The lowest BCUT2D eigenvalue weighted by molar-refractivity contribution is -0.135. The number of fused-ring (bicyclic) bond motifs is 1. The molecule has 2 heterocycles. The van der Waals surface area contributed by atoms with Gasteiger partial charge in [-0.15, -0.1) is 0 Å². The lowest BCUT2D eigenvalue weighted by Crippen LogP contribution is -2.51. The first-order valence-corrected chi connectivity index (χ1v) is 10.3. The van der Waals surface area contributed by atoms with Crippen molar-refractivity contribution in [2.45, 2.75) is 26.7 Å². The van der Waals surface area contributed by atoms with Crippen LogP contribution in [0.2, 0.25) is 0 Å². The topological polar surface area (TPSA) is 89.6 Å². The lowest BCUT2D eigenvalue weighted by atomic mass is 10.2. The third-order valence-electron chi connectivity index (χ3n) is 5.44. The fourth-order valence-corrected chi connectivity index (χ4v) is 3.66. The molecule has 0 unspecified atom stereocenters. The molecule has 0 spiro atoms. The molecule has 1 aliphatic rings. The summed E-state index contributed by atoms with van der Waals surface area (Å²) in [5.74, 6) is 0.724. The molecule has 0 bridgehead atoms. The van der Waals surface area contributed by atoms with E-state index >= 15 is 0 Å². The molecule has 1 aromatic carbocycles. The number of amides is 2. The first-order chi connectivity index (χ1) is 14.0. The second kappa shape index (κ2) is 9.65. The molecular formula is C21H29N5O3. The van der Waals surface area contributed by atoms with Gasteiger partial charge in [-0.05, 0) is 26.0 Å². The molecule has 156 valence electrons. The third-order valence-corrected chi connectivity index (χ3v) is 5.44. The number of H-pyrrole nitrogens is 1. The normalized spacial score (nSPS) is 14.9. The number of piperazine rings is 1. The molecule has 1 aromatic heterocycles. The predicted octanol–water partition coefficient (Wildman–Crippen LogP) is 0.868. The smallest absolute Gasteiger partial charge is 0.258 e. The largest absolute Gasteiger partial charge is 0.342 e. The summed E-state index contributed by atoms with van der Waals surface area (Å²) in [5, 5.41) is 0.554. The van der Waals surface area contributed by atoms with E-state index < -0.39 is 0 Å². The quantitative estimate of drug-likeness (QED) is 0.746. The van der Waals surface area contributed by atoms with Crippen LogP contribution in [0.1, 0.15) is 26.1 Å². The zero-order valence-corrected chi connectivity index (χ0v) is 17.2. The van der Waals surface area contributed by atoms with Crippen LogP contribution in [0, 0.1) is 0 Å². The number of hydrogen-bond donors (Lipinski definition) is 1. The zero-order chi connectivity index (χ0) is 20.8. The Bertz CT molecular complexity index is 914. The number of aromatic amines is 1. The summed E-state index contributed by atoms with van der Waals surface area (Å²) in [5.41, 5.74) is 0.467. The van der Waals surface area contributed by atoms with Crippen molar-refractivity contribution in [3.05, 3.63) is 40.4 Å². The molecule has 1 fully saturated rings. The van der Waals surface area contributed by atoms with Crippen LogP contribution in [0.3, 0.4) is 0 Å². The number of carbonyl (C=O) groups excluding carboxylic acids is 2. The maximum absolute atomic E-state index is 12.6. The Kier molecular flexibility index (Phi) is 6.98. The standard InChI is InChI=1S/C21H29N5O3/c1-3-25(4-2)20(28)15-24-11-13-26(14-12-24)19(27)10-9-18-22-17-8-6-5-7-16(17)21(29)23-18/h5-8H,3-4,9-15H2,1-2H3,(H,22,23,29). The van der Waals surface area contributed by atoms with E-state index in [1.807, 2.05) is 29.7 Å². The van der Waals surface area contributed by atoms with Crippen LogP contribution in [0.5, 0.6) is 0 Å². The van der Waals surface area contributed by atoms with Gasteiger partial charge in [0.05, 0.1) is 17.4 Å². The Morgan fingerprint density at radius 3 is 2.48 bits per heavy atom. The van der Waals surface area contributed by atoms with E-state index in [1.54, 1.807) is 18.2 Å². The average molecular weight is 399 g/mol. The molecule has 0 saturated carbocycles. The maximum Gasteiger partial charge on any atom is 0.258 e. The monoisotopic (exact) mass is 399 g/mol. The Labute approximate surface area is 170 Å². The Morgan fingerprint density at radius 2 is 1.79 bits per heavy atom. The summed E-state index contributed by atoms with van der Waals surface area (Å²) in [6, 6.07) is 7.18. The number of nitrogens with zero attached hydrogens (tertiary/aromatic N) is 4. The first kappa shape index (κ1) is 21.0. The fraction of sp³-hybridized carbons (Fsp3) is 0.524. The number of likely N-dealkylation sites (N-methyl/N-ethyl adjacent to an activating group) is 1.